The Labute approximate surface area is 142 Å². The number of hydrogen-bond donors (Lipinski definition) is 2. The predicted molar refractivity (Wildman–Crippen MR) is 90.7 cm³/mol. The van der Waals surface area contributed by atoms with Crippen LogP contribution in [0.2, 0.25) is 5.02 Å². The molecule has 3 rings (SSSR count). The van der Waals surface area contributed by atoms with Crippen LogP contribution in [0.25, 0.3) is 0 Å². The van der Waals surface area contributed by atoms with E-state index in [0.717, 1.165) is 18.4 Å². The van der Waals surface area contributed by atoms with Crippen LogP contribution in [-0.4, -0.2) is 21.9 Å². The molecule has 1 saturated carbocycles. The number of aromatic nitrogens is 2. The third-order valence-corrected chi connectivity index (χ3v) is 4.50. The molecule has 1 heterocycles. The minimum absolute atomic E-state index is 0.0867. The van der Waals surface area contributed by atoms with Crippen molar-refractivity contribution in [2.24, 2.45) is 0 Å². The molecule has 1 amide bonds. The molecule has 1 aliphatic carbocycles. The van der Waals surface area contributed by atoms with E-state index in [9.17, 15) is 9.59 Å². The largest absolute Gasteiger partial charge is 0.353 e. The second-order valence-corrected chi connectivity index (χ2v) is 6.88. The van der Waals surface area contributed by atoms with E-state index < -0.39 is 0 Å². The van der Waals surface area contributed by atoms with Crippen LogP contribution >= 0.6 is 23.4 Å². The number of hydrogen-bond acceptors (Lipinski definition) is 4. The molecule has 0 saturated heterocycles. The average molecular weight is 350 g/mol. The van der Waals surface area contributed by atoms with E-state index in [1.165, 1.54) is 17.8 Å². The molecule has 0 bridgehead atoms. The number of carbonyl (C=O) groups is 1. The molecular formula is C16H16ClN3O2S. The Morgan fingerprint density at radius 3 is 2.96 bits per heavy atom. The van der Waals surface area contributed by atoms with E-state index in [0.29, 0.717) is 27.7 Å². The maximum atomic E-state index is 11.8. The lowest BCUT2D eigenvalue weighted by Gasteiger charge is -2.05. The molecule has 5 nitrogen and oxygen atoms in total. The monoisotopic (exact) mass is 349 g/mol. The number of aromatic amines is 1. The van der Waals surface area contributed by atoms with Crippen LogP contribution in [0.1, 0.15) is 24.1 Å². The summed E-state index contributed by atoms with van der Waals surface area (Å²) in [6, 6.07) is 9.21. The van der Waals surface area contributed by atoms with E-state index in [4.69, 9.17) is 11.6 Å². The lowest BCUT2D eigenvalue weighted by atomic mass is 10.2. The van der Waals surface area contributed by atoms with Gasteiger partial charge in [-0.2, -0.15) is 0 Å². The Morgan fingerprint density at radius 1 is 1.39 bits per heavy atom. The van der Waals surface area contributed by atoms with Crippen LogP contribution in [0, 0.1) is 0 Å². The van der Waals surface area contributed by atoms with E-state index in [-0.39, 0.29) is 17.9 Å². The Morgan fingerprint density at radius 2 is 2.22 bits per heavy atom. The van der Waals surface area contributed by atoms with Crippen LogP contribution < -0.4 is 10.9 Å². The zero-order valence-electron chi connectivity index (χ0n) is 12.3. The van der Waals surface area contributed by atoms with Crippen LogP contribution in [0.4, 0.5) is 0 Å². The first kappa shape index (κ1) is 16.1. The molecule has 23 heavy (non-hydrogen) atoms. The molecule has 2 N–H and O–H groups in total. The van der Waals surface area contributed by atoms with Crippen molar-refractivity contribution >= 4 is 29.3 Å². The summed E-state index contributed by atoms with van der Waals surface area (Å²) in [5.74, 6) is 0.553. The van der Waals surface area contributed by atoms with Crippen molar-refractivity contribution in [1.82, 2.24) is 15.3 Å². The topological polar surface area (TPSA) is 74.8 Å². The predicted octanol–water partition coefficient (Wildman–Crippen LogP) is 2.54. The van der Waals surface area contributed by atoms with Crippen LogP contribution in [0.5, 0.6) is 0 Å². The highest BCUT2D eigenvalue weighted by atomic mass is 35.5. The highest BCUT2D eigenvalue weighted by Gasteiger charge is 2.23. The third kappa shape index (κ3) is 5.11. The van der Waals surface area contributed by atoms with Gasteiger partial charge in [0.05, 0.1) is 12.1 Å². The van der Waals surface area contributed by atoms with Gasteiger partial charge in [-0.25, -0.2) is 4.98 Å². The first-order valence-electron chi connectivity index (χ1n) is 7.35. The summed E-state index contributed by atoms with van der Waals surface area (Å²) < 4.78 is 0. The van der Waals surface area contributed by atoms with Gasteiger partial charge in [-0.15, -0.1) is 0 Å². The lowest BCUT2D eigenvalue weighted by Crippen LogP contribution is -2.28. The van der Waals surface area contributed by atoms with Gasteiger partial charge in [0.1, 0.15) is 0 Å². The number of halogens is 1. The van der Waals surface area contributed by atoms with Gasteiger partial charge in [-0.3, -0.25) is 9.59 Å². The zero-order valence-corrected chi connectivity index (χ0v) is 13.9. The fourth-order valence-corrected chi connectivity index (χ4v) is 3.14. The first-order chi connectivity index (χ1) is 11.1. The minimum Gasteiger partial charge on any atom is -0.353 e. The molecule has 0 atom stereocenters. The number of carbonyl (C=O) groups excluding carboxylic acids is 1. The van der Waals surface area contributed by atoms with E-state index in [1.54, 1.807) is 0 Å². The number of thioether (sulfide) groups is 1. The SMILES string of the molecule is O=C(Cc1cc(=O)[nH]c(SCc2cccc(Cl)c2)n1)NC1CC1. The van der Waals surface area contributed by atoms with E-state index in [2.05, 4.69) is 15.3 Å². The number of nitrogens with zero attached hydrogens (tertiary/aromatic N) is 1. The van der Waals surface area contributed by atoms with Crippen molar-refractivity contribution in [3.05, 3.63) is 57.0 Å². The highest BCUT2D eigenvalue weighted by Crippen LogP contribution is 2.21. The molecule has 2 aromatic rings. The fourth-order valence-electron chi connectivity index (χ4n) is 2.09. The van der Waals surface area contributed by atoms with Crippen molar-refractivity contribution in [3.63, 3.8) is 0 Å². The smallest absolute Gasteiger partial charge is 0.251 e. The van der Waals surface area contributed by atoms with Crippen molar-refractivity contribution in [3.8, 4) is 0 Å². The van der Waals surface area contributed by atoms with Gasteiger partial charge in [0.25, 0.3) is 5.56 Å². The maximum absolute atomic E-state index is 11.8. The Hall–Kier alpha value is -1.79. The maximum Gasteiger partial charge on any atom is 0.251 e. The van der Waals surface area contributed by atoms with Gasteiger partial charge in [-0.05, 0) is 30.5 Å². The summed E-state index contributed by atoms with van der Waals surface area (Å²) in [4.78, 5) is 30.6. The summed E-state index contributed by atoms with van der Waals surface area (Å²) in [6.07, 6.45) is 2.20. The minimum atomic E-state index is -0.247. The van der Waals surface area contributed by atoms with Crippen LogP contribution in [-0.2, 0) is 17.0 Å². The summed E-state index contributed by atoms with van der Waals surface area (Å²) in [7, 11) is 0. The summed E-state index contributed by atoms with van der Waals surface area (Å²) in [5, 5.41) is 4.07. The molecule has 120 valence electrons. The van der Waals surface area contributed by atoms with E-state index >= 15 is 0 Å². The number of benzene rings is 1. The van der Waals surface area contributed by atoms with Gasteiger partial charge in [-0.1, -0.05) is 35.5 Å². The quantitative estimate of drug-likeness (QED) is 0.620. The zero-order chi connectivity index (χ0) is 16.2. The third-order valence-electron chi connectivity index (χ3n) is 3.32. The summed E-state index contributed by atoms with van der Waals surface area (Å²) in [6.45, 7) is 0. The Balaban J connectivity index is 1.64. The van der Waals surface area contributed by atoms with Crippen molar-refractivity contribution < 1.29 is 4.79 Å². The van der Waals surface area contributed by atoms with Gasteiger partial charge < -0.3 is 10.3 Å². The Bertz CT molecular complexity index is 774. The van der Waals surface area contributed by atoms with Crippen LogP contribution in [0.3, 0.4) is 0 Å². The molecule has 7 heteroatoms. The highest BCUT2D eigenvalue weighted by molar-refractivity contribution is 7.98. The molecule has 0 radical (unpaired) electrons. The number of amides is 1. The lowest BCUT2D eigenvalue weighted by molar-refractivity contribution is -0.120. The van der Waals surface area contributed by atoms with E-state index in [1.807, 2.05) is 24.3 Å². The summed E-state index contributed by atoms with van der Waals surface area (Å²) in [5.41, 5.74) is 1.28. The molecule has 1 aromatic carbocycles. The van der Waals surface area contributed by atoms with Crippen molar-refractivity contribution in [2.45, 2.75) is 36.2 Å². The molecule has 0 unspecified atom stereocenters. The molecule has 1 aromatic heterocycles. The number of H-pyrrole nitrogens is 1. The second-order valence-electron chi connectivity index (χ2n) is 5.48. The van der Waals surface area contributed by atoms with Crippen molar-refractivity contribution in [2.75, 3.05) is 0 Å². The second kappa shape index (κ2) is 7.19. The number of nitrogens with one attached hydrogen (secondary N) is 2. The van der Waals surface area contributed by atoms with Gasteiger partial charge in [0.2, 0.25) is 5.91 Å². The first-order valence-corrected chi connectivity index (χ1v) is 8.72. The normalized spacial score (nSPS) is 13.8. The summed E-state index contributed by atoms with van der Waals surface area (Å²) >= 11 is 7.36. The number of rotatable bonds is 6. The van der Waals surface area contributed by atoms with Crippen LogP contribution in [0.15, 0.2) is 40.3 Å². The average Bonchev–Trinajstić information content (AvgIpc) is 3.28. The van der Waals surface area contributed by atoms with Gasteiger partial charge >= 0.3 is 0 Å². The standard InChI is InChI=1S/C16H16ClN3O2S/c17-11-3-1-2-10(6-11)9-23-16-19-13(8-15(22)20-16)7-14(21)18-12-4-5-12/h1-3,6,8,12H,4-5,7,9H2,(H,18,21)(H,19,20,22). The molecule has 0 spiro atoms. The van der Waals surface area contributed by atoms with Gasteiger partial charge in [0, 0.05) is 22.9 Å². The Kier molecular flexibility index (Phi) is 5.03. The van der Waals surface area contributed by atoms with Gasteiger partial charge in [0.15, 0.2) is 5.16 Å². The molecule has 0 aliphatic heterocycles. The molecule has 1 fully saturated rings. The van der Waals surface area contributed by atoms with Crippen molar-refractivity contribution in [1.29, 1.82) is 0 Å². The fraction of sp³-hybridized carbons (Fsp3) is 0.312. The molecular weight excluding hydrogens is 334 g/mol. The molecule has 1 aliphatic rings.